The molecule has 7 nitrogen and oxygen atoms in total. The second-order valence-electron chi connectivity index (χ2n) is 4.42. The number of hydrazine groups is 1. The summed E-state index contributed by atoms with van der Waals surface area (Å²) < 4.78 is 27.9. The van der Waals surface area contributed by atoms with Crippen molar-refractivity contribution in [2.75, 3.05) is 12.5 Å². The fourth-order valence-corrected chi connectivity index (χ4v) is 3.18. The van der Waals surface area contributed by atoms with Gasteiger partial charge in [-0.1, -0.05) is 12.1 Å². The Morgan fingerprint density at radius 1 is 1.40 bits per heavy atom. The quantitative estimate of drug-likeness (QED) is 0.620. The molecular formula is C12H17N5O2S. The molecule has 0 saturated heterocycles. The molecule has 0 atom stereocenters. The van der Waals surface area contributed by atoms with Crippen molar-refractivity contribution in [3.05, 3.63) is 42.2 Å². The maximum atomic E-state index is 12.5. The van der Waals surface area contributed by atoms with Crippen LogP contribution in [0.3, 0.4) is 0 Å². The van der Waals surface area contributed by atoms with E-state index in [2.05, 4.69) is 10.5 Å². The molecule has 3 N–H and O–H groups in total. The third-order valence-corrected chi connectivity index (χ3v) is 4.76. The van der Waals surface area contributed by atoms with Gasteiger partial charge in [0.1, 0.15) is 4.90 Å². The minimum absolute atomic E-state index is 0.147. The van der Waals surface area contributed by atoms with Crippen molar-refractivity contribution in [3.8, 4) is 0 Å². The molecule has 0 amide bonds. The van der Waals surface area contributed by atoms with Crippen LogP contribution in [0.15, 0.2) is 41.6 Å². The predicted octanol–water partition coefficient (Wildman–Crippen LogP) is 0.526. The summed E-state index contributed by atoms with van der Waals surface area (Å²) >= 11 is 0. The van der Waals surface area contributed by atoms with Crippen LogP contribution in [0, 0.1) is 0 Å². The first-order chi connectivity index (χ1) is 9.45. The van der Waals surface area contributed by atoms with Gasteiger partial charge < -0.3 is 5.43 Å². The highest BCUT2D eigenvalue weighted by atomic mass is 32.2. The van der Waals surface area contributed by atoms with Crippen LogP contribution in [0.5, 0.6) is 0 Å². The number of hydrogen-bond acceptors (Lipinski definition) is 5. The third-order valence-electron chi connectivity index (χ3n) is 2.89. The summed E-state index contributed by atoms with van der Waals surface area (Å²) in [6.45, 7) is 0.245. The molecule has 2 aromatic rings. The minimum Gasteiger partial charge on any atom is -0.323 e. The Bertz CT molecular complexity index is 695. The average molecular weight is 295 g/mol. The van der Waals surface area contributed by atoms with Gasteiger partial charge in [0.25, 0.3) is 0 Å². The Labute approximate surface area is 118 Å². The van der Waals surface area contributed by atoms with Crippen molar-refractivity contribution in [3.63, 3.8) is 0 Å². The van der Waals surface area contributed by atoms with E-state index in [0.717, 1.165) is 5.56 Å². The summed E-state index contributed by atoms with van der Waals surface area (Å²) in [4.78, 5) is 0.147. The molecule has 108 valence electrons. The number of anilines is 1. The molecule has 0 aliphatic rings. The van der Waals surface area contributed by atoms with Crippen molar-refractivity contribution in [2.45, 2.75) is 11.4 Å². The average Bonchev–Trinajstić information content (AvgIpc) is 2.84. The van der Waals surface area contributed by atoms with Crippen LogP contribution < -0.4 is 11.3 Å². The molecule has 0 aliphatic carbocycles. The number of sulfonamides is 1. The lowest BCUT2D eigenvalue weighted by Gasteiger charge is -2.18. The van der Waals surface area contributed by atoms with E-state index in [1.54, 1.807) is 42.3 Å². The minimum atomic E-state index is -3.62. The lowest BCUT2D eigenvalue weighted by atomic mass is 10.3. The lowest BCUT2D eigenvalue weighted by molar-refractivity contribution is 0.467. The molecule has 1 heterocycles. The van der Waals surface area contributed by atoms with E-state index >= 15 is 0 Å². The number of nitrogens with one attached hydrogen (secondary N) is 1. The van der Waals surface area contributed by atoms with Gasteiger partial charge in [-0.15, -0.1) is 0 Å². The van der Waals surface area contributed by atoms with E-state index in [1.165, 1.54) is 17.4 Å². The predicted molar refractivity (Wildman–Crippen MR) is 76.1 cm³/mol. The molecule has 0 aliphatic heterocycles. The first-order valence-corrected chi connectivity index (χ1v) is 7.38. The summed E-state index contributed by atoms with van der Waals surface area (Å²) in [5.74, 6) is 5.36. The summed E-state index contributed by atoms with van der Waals surface area (Å²) in [5, 5.41) is 4.02. The second kappa shape index (κ2) is 5.61. The van der Waals surface area contributed by atoms with Crippen LogP contribution in [0.2, 0.25) is 0 Å². The molecule has 0 bridgehead atoms. The molecule has 1 aromatic carbocycles. The molecule has 0 saturated carbocycles. The fraction of sp³-hybridized carbons (Fsp3) is 0.250. The standard InChI is InChI=1S/C12H17N5O2S/c1-16-8-10(7-14-16)9-17(2)20(18,19)12-6-4-3-5-11(12)15-13/h3-8,15H,9,13H2,1-2H3. The first-order valence-electron chi connectivity index (χ1n) is 5.94. The largest absolute Gasteiger partial charge is 0.323 e. The number of nitrogen functional groups attached to an aromatic ring is 1. The van der Waals surface area contributed by atoms with Gasteiger partial charge in [-0.3, -0.25) is 10.5 Å². The summed E-state index contributed by atoms with van der Waals surface area (Å²) in [6, 6.07) is 6.51. The van der Waals surface area contributed by atoms with Crippen LogP contribution >= 0.6 is 0 Å². The van der Waals surface area contributed by atoms with E-state index < -0.39 is 10.0 Å². The summed E-state index contributed by atoms with van der Waals surface area (Å²) in [5.41, 5.74) is 3.58. The smallest absolute Gasteiger partial charge is 0.245 e. The fourth-order valence-electron chi connectivity index (χ4n) is 1.87. The van der Waals surface area contributed by atoms with Gasteiger partial charge >= 0.3 is 0 Å². The van der Waals surface area contributed by atoms with Crippen molar-refractivity contribution in [1.82, 2.24) is 14.1 Å². The van der Waals surface area contributed by atoms with Gasteiger partial charge in [0.15, 0.2) is 0 Å². The second-order valence-corrected chi connectivity index (χ2v) is 6.44. The number of rotatable bonds is 5. The molecular weight excluding hydrogens is 278 g/mol. The zero-order valence-corrected chi connectivity index (χ0v) is 12.1. The highest BCUT2D eigenvalue weighted by Gasteiger charge is 2.23. The maximum Gasteiger partial charge on any atom is 0.245 e. The first kappa shape index (κ1) is 14.5. The van der Waals surface area contributed by atoms with E-state index in [4.69, 9.17) is 5.84 Å². The summed E-state index contributed by atoms with van der Waals surface area (Å²) in [6.07, 6.45) is 3.41. The molecule has 8 heteroatoms. The Kier molecular flexibility index (Phi) is 4.07. The highest BCUT2D eigenvalue weighted by molar-refractivity contribution is 7.89. The number of hydrogen-bond donors (Lipinski definition) is 2. The van der Waals surface area contributed by atoms with Crippen molar-refractivity contribution < 1.29 is 8.42 Å². The van der Waals surface area contributed by atoms with Crippen LogP contribution in [0.1, 0.15) is 5.56 Å². The van der Waals surface area contributed by atoms with Crippen LogP contribution in [-0.4, -0.2) is 29.6 Å². The SMILES string of the molecule is CN(Cc1cnn(C)c1)S(=O)(=O)c1ccccc1NN. The maximum absolute atomic E-state index is 12.5. The number of aromatic nitrogens is 2. The summed E-state index contributed by atoms with van der Waals surface area (Å²) in [7, 11) is -0.310. The van der Waals surface area contributed by atoms with Gasteiger partial charge in [0.05, 0.1) is 11.9 Å². The van der Waals surface area contributed by atoms with Crippen LogP contribution in [-0.2, 0) is 23.6 Å². The van der Waals surface area contributed by atoms with Gasteiger partial charge in [-0.05, 0) is 12.1 Å². The molecule has 1 aromatic heterocycles. The molecule has 0 fully saturated rings. The molecule has 0 unspecified atom stereocenters. The Morgan fingerprint density at radius 2 is 2.10 bits per heavy atom. The van der Waals surface area contributed by atoms with Gasteiger partial charge in [-0.25, -0.2) is 8.42 Å². The zero-order valence-electron chi connectivity index (χ0n) is 11.3. The van der Waals surface area contributed by atoms with Gasteiger partial charge in [-0.2, -0.15) is 9.40 Å². The number of nitrogens with zero attached hydrogens (tertiary/aromatic N) is 3. The highest BCUT2D eigenvalue weighted by Crippen LogP contribution is 2.23. The van der Waals surface area contributed by atoms with Gasteiger partial charge in [0, 0.05) is 32.4 Å². The normalized spacial score (nSPS) is 11.8. The van der Waals surface area contributed by atoms with Gasteiger partial charge in [0.2, 0.25) is 10.0 Å². The monoisotopic (exact) mass is 295 g/mol. The van der Waals surface area contributed by atoms with E-state index in [9.17, 15) is 8.42 Å². The topological polar surface area (TPSA) is 93.2 Å². The number of para-hydroxylation sites is 1. The Balaban J connectivity index is 2.29. The number of aryl methyl sites for hydroxylation is 1. The molecule has 0 radical (unpaired) electrons. The number of benzene rings is 1. The zero-order chi connectivity index (χ0) is 14.8. The van der Waals surface area contributed by atoms with Crippen molar-refractivity contribution >= 4 is 15.7 Å². The lowest BCUT2D eigenvalue weighted by Crippen LogP contribution is -2.27. The Hall–Kier alpha value is -1.90. The number of nitrogens with two attached hydrogens (primary N) is 1. The van der Waals surface area contributed by atoms with Crippen molar-refractivity contribution in [2.24, 2.45) is 12.9 Å². The molecule has 2 rings (SSSR count). The van der Waals surface area contributed by atoms with E-state index in [0.29, 0.717) is 5.69 Å². The Morgan fingerprint density at radius 3 is 2.70 bits per heavy atom. The van der Waals surface area contributed by atoms with Crippen LogP contribution in [0.25, 0.3) is 0 Å². The van der Waals surface area contributed by atoms with E-state index in [-0.39, 0.29) is 11.4 Å². The van der Waals surface area contributed by atoms with E-state index in [1.807, 2.05) is 0 Å². The molecule has 20 heavy (non-hydrogen) atoms. The third kappa shape index (κ3) is 2.82. The molecule has 0 spiro atoms. The van der Waals surface area contributed by atoms with Crippen molar-refractivity contribution in [1.29, 1.82) is 0 Å². The van der Waals surface area contributed by atoms with Crippen LogP contribution in [0.4, 0.5) is 5.69 Å².